The van der Waals surface area contributed by atoms with Crippen LogP contribution < -0.4 is 5.32 Å². The maximum atomic E-state index is 12.3. The van der Waals surface area contributed by atoms with Crippen LogP contribution in [0.5, 0.6) is 0 Å². The molecule has 0 bridgehead atoms. The molecule has 138 valence electrons. The molecule has 0 saturated carbocycles. The molecule has 1 N–H and O–H groups in total. The number of aromatic nitrogens is 2. The first-order chi connectivity index (χ1) is 13.6. The maximum absolute atomic E-state index is 12.3. The number of carbonyl (C=O) groups excluding carboxylic acids is 1. The standard InChI is InChI=1S/C21H13BrClN3O2/c22-16-5-1-3-14(11-16)20(27)24-18-9-7-13(8-10-18)19-25-21(28-26-19)15-4-2-6-17(23)12-15/h1-12H,(H,24,27). The van der Waals surface area contributed by atoms with Gasteiger partial charge in [0.1, 0.15) is 0 Å². The monoisotopic (exact) mass is 453 g/mol. The molecule has 0 saturated heterocycles. The van der Waals surface area contributed by atoms with Crippen LogP contribution in [0, 0.1) is 0 Å². The summed E-state index contributed by atoms with van der Waals surface area (Å²) in [7, 11) is 0. The summed E-state index contributed by atoms with van der Waals surface area (Å²) < 4.78 is 6.18. The van der Waals surface area contributed by atoms with Crippen LogP contribution >= 0.6 is 27.5 Å². The van der Waals surface area contributed by atoms with Crippen LogP contribution in [0.15, 0.2) is 81.8 Å². The Balaban J connectivity index is 1.50. The smallest absolute Gasteiger partial charge is 0.258 e. The minimum Gasteiger partial charge on any atom is -0.334 e. The van der Waals surface area contributed by atoms with Gasteiger partial charge in [-0.25, -0.2) is 0 Å². The summed E-state index contributed by atoms with van der Waals surface area (Å²) >= 11 is 9.37. The Morgan fingerprint density at radius 3 is 2.50 bits per heavy atom. The molecule has 4 rings (SSSR count). The summed E-state index contributed by atoms with van der Waals surface area (Å²) in [5, 5.41) is 7.48. The zero-order chi connectivity index (χ0) is 19.5. The Morgan fingerprint density at radius 2 is 1.75 bits per heavy atom. The highest BCUT2D eigenvalue weighted by molar-refractivity contribution is 9.10. The van der Waals surface area contributed by atoms with Crippen LogP contribution in [-0.2, 0) is 0 Å². The minimum absolute atomic E-state index is 0.183. The summed E-state index contributed by atoms with van der Waals surface area (Å²) in [5.74, 6) is 0.668. The van der Waals surface area contributed by atoms with E-state index in [0.29, 0.717) is 28.0 Å². The molecule has 0 spiro atoms. The van der Waals surface area contributed by atoms with E-state index in [9.17, 15) is 4.79 Å². The zero-order valence-electron chi connectivity index (χ0n) is 14.4. The summed E-state index contributed by atoms with van der Waals surface area (Å²) in [6, 6.07) is 21.7. The van der Waals surface area contributed by atoms with Crippen LogP contribution in [0.4, 0.5) is 5.69 Å². The van der Waals surface area contributed by atoms with Crippen molar-refractivity contribution in [2.75, 3.05) is 5.32 Å². The first-order valence-corrected chi connectivity index (χ1v) is 9.52. The minimum atomic E-state index is -0.183. The third-order valence-electron chi connectivity index (χ3n) is 3.99. The van der Waals surface area contributed by atoms with E-state index in [1.54, 1.807) is 36.4 Å². The fourth-order valence-corrected chi connectivity index (χ4v) is 3.20. The second-order valence-corrected chi connectivity index (χ2v) is 7.33. The first kappa shape index (κ1) is 18.4. The molecule has 5 nitrogen and oxygen atoms in total. The third-order valence-corrected chi connectivity index (χ3v) is 4.71. The number of rotatable bonds is 4. The molecule has 0 atom stereocenters. The van der Waals surface area contributed by atoms with Gasteiger partial charge in [-0.1, -0.05) is 44.8 Å². The fraction of sp³-hybridized carbons (Fsp3) is 0. The molecule has 1 heterocycles. The lowest BCUT2D eigenvalue weighted by molar-refractivity contribution is 0.102. The van der Waals surface area contributed by atoms with E-state index in [0.717, 1.165) is 15.6 Å². The van der Waals surface area contributed by atoms with E-state index >= 15 is 0 Å². The van der Waals surface area contributed by atoms with E-state index in [2.05, 4.69) is 31.4 Å². The largest absolute Gasteiger partial charge is 0.334 e. The second-order valence-electron chi connectivity index (χ2n) is 5.98. The number of anilines is 1. The van der Waals surface area contributed by atoms with Crippen LogP contribution in [0.3, 0.4) is 0 Å². The van der Waals surface area contributed by atoms with E-state index < -0.39 is 0 Å². The number of nitrogens with one attached hydrogen (secondary N) is 1. The Hall–Kier alpha value is -2.96. The molecule has 1 amide bonds. The zero-order valence-corrected chi connectivity index (χ0v) is 16.7. The molecular weight excluding hydrogens is 442 g/mol. The molecule has 0 aliphatic heterocycles. The van der Waals surface area contributed by atoms with Crippen LogP contribution in [-0.4, -0.2) is 16.0 Å². The van der Waals surface area contributed by atoms with Crippen molar-refractivity contribution in [2.24, 2.45) is 0 Å². The summed E-state index contributed by atoms with van der Waals surface area (Å²) in [6.45, 7) is 0. The van der Waals surface area contributed by atoms with Gasteiger partial charge in [0, 0.05) is 31.9 Å². The molecule has 0 unspecified atom stereocenters. The van der Waals surface area contributed by atoms with Crippen molar-refractivity contribution >= 4 is 39.1 Å². The summed E-state index contributed by atoms with van der Waals surface area (Å²) in [5.41, 5.74) is 2.77. The number of carbonyl (C=O) groups is 1. The lowest BCUT2D eigenvalue weighted by Gasteiger charge is -2.06. The van der Waals surface area contributed by atoms with Gasteiger partial charge in [0.05, 0.1) is 0 Å². The topological polar surface area (TPSA) is 68.0 Å². The van der Waals surface area contributed by atoms with Gasteiger partial charge in [-0.05, 0) is 60.7 Å². The lowest BCUT2D eigenvalue weighted by atomic mass is 10.1. The number of nitrogens with zero attached hydrogens (tertiary/aromatic N) is 2. The molecular formula is C21H13BrClN3O2. The SMILES string of the molecule is O=C(Nc1ccc(-c2noc(-c3cccc(Cl)c3)n2)cc1)c1cccc(Br)c1. The van der Waals surface area contributed by atoms with Crippen molar-refractivity contribution in [3.8, 4) is 22.8 Å². The number of hydrogen-bond donors (Lipinski definition) is 1. The van der Waals surface area contributed by atoms with Gasteiger partial charge in [-0.2, -0.15) is 4.98 Å². The van der Waals surface area contributed by atoms with E-state index in [4.69, 9.17) is 16.1 Å². The Bertz CT molecular complexity index is 1140. The van der Waals surface area contributed by atoms with Crippen molar-refractivity contribution in [1.82, 2.24) is 10.1 Å². The third kappa shape index (κ3) is 4.13. The molecule has 0 radical (unpaired) electrons. The normalized spacial score (nSPS) is 10.6. The van der Waals surface area contributed by atoms with Crippen molar-refractivity contribution in [1.29, 1.82) is 0 Å². The Labute approximate surface area is 174 Å². The molecule has 7 heteroatoms. The maximum Gasteiger partial charge on any atom is 0.258 e. The van der Waals surface area contributed by atoms with Gasteiger partial charge in [0.15, 0.2) is 0 Å². The van der Waals surface area contributed by atoms with Gasteiger partial charge in [0.25, 0.3) is 11.8 Å². The van der Waals surface area contributed by atoms with Crippen LogP contribution in [0.25, 0.3) is 22.8 Å². The van der Waals surface area contributed by atoms with Crippen molar-refractivity contribution < 1.29 is 9.32 Å². The molecule has 1 aromatic heterocycles. The van der Waals surface area contributed by atoms with E-state index in [-0.39, 0.29) is 5.91 Å². The van der Waals surface area contributed by atoms with Gasteiger partial charge in [-0.3, -0.25) is 4.79 Å². The van der Waals surface area contributed by atoms with E-state index in [1.807, 2.05) is 36.4 Å². The predicted octanol–water partition coefficient (Wildman–Crippen LogP) is 6.07. The quantitative estimate of drug-likeness (QED) is 0.406. The Morgan fingerprint density at radius 1 is 0.964 bits per heavy atom. The molecule has 0 aliphatic rings. The predicted molar refractivity (Wildman–Crippen MR) is 112 cm³/mol. The van der Waals surface area contributed by atoms with Gasteiger partial charge in [0.2, 0.25) is 5.82 Å². The van der Waals surface area contributed by atoms with Crippen molar-refractivity contribution in [2.45, 2.75) is 0 Å². The average molecular weight is 455 g/mol. The van der Waals surface area contributed by atoms with Crippen LogP contribution in [0.2, 0.25) is 5.02 Å². The highest BCUT2D eigenvalue weighted by Crippen LogP contribution is 2.25. The second kappa shape index (κ2) is 7.96. The molecule has 28 heavy (non-hydrogen) atoms. The van der Waals surface area contributed by atoms with Gasteiger partial charge in [-0.15, -0.1) is 0 Å². The van der Waals surface area contributed by atoms with Gasteiger partial charge >= 0.3 is 0 Å². The molecule has 0 aliphatic carbocycles. The first-order valence-electron chi connectivity index (χ1n) is 8.35. The molecule has 0 fully saturated rings. The lowest BCUT2D eigenvalue weighted by Crippen LogP contribution is -2.11. The Kier molecular flexibility index (Phi) is 5.23. The van der Waals surface area contributed by atoms with Crippen molar-refractivity contribution in [3.63, 3.8) is 0 Å². The van der Waals surface area contributed by atoms with Gasteiger partial charge < -0.3 is 9.84 Å². The van der Waals surface area contributed by atoms with Crippen LogP contribution in [0.1, 0.15) is 10.4 Å². The molecule has 4 aromatic rings. The fourth-order valence-electron chi connectivity index (χ4n) is 2.62. The number of benzene rings is 3. The number of halogens is 2. The average Bonchev–Trinajstić information content (AvgIpc) is 3.19. The number of hydrogen-bond acceptors (Lipinski definition) is 4. The summed E-state index contributed by atoms with van der Waals surface area (Å²) in [6.07, 6.45) is 0. The highest BCUT2D eigenvalue weighted by atomic mass is 79.9. The highest BCUT2D eigenvalue weighted by Gasteiger charge is 2.12. The number of amides is 1. The van der Waals surface area contributed by atoms with E-state index in [1.165, 1.54) is 0 Å². The molecule has 3 aromatic carbocycles. The summed E-state index contributed by atoms with van der Waals surface area (Å²) in [4.78, 5) is 16.7. The van der Waals surface area contributed by atoms with Crippen molar-refractivity contribution in [3.05, 3.63) is 87.9 Å².